The molecule has 3 aliphatic heterocycles. The fourth-order valence-corrected chi connectivity index (χ4v) is 9.85. The molecule has 0 amide bonds. The van der Waals surface area contributed by atoms with E-state index in [1.54, 1.807) is 42.0 Å². The Bertz CT molecular complexity index is 2610. The van der Waals surface area contributed by atoms with E-state index in [1.807, 2.05) is 62.6 Å². The first kappa shape index (κ1) is 91.6. The topological polar surface area (TPSA) is 326 Å². The minimum atomic E-state index is -1.35. The van der Waals surface area contributed by atoms with E-state index in [9.17, 15) is 52.7 Å². The Hall–Kier alpha value is -7.43. The van der Waals surface area contributed by atoms with Gasteiger partial charge in [0.15, 0.2) is 62.1 Å². The highest BCUT2D eigenvalue weighted by molar-refractivity contribution is 5.75. The van der Waals surface area contributed by atoms with Crippen molar-refractivity contribution in [2.24, 2.45) is 0 Å². The number of nitrogens with zero attached hydrogens (tertiary/aromatic N) is 3. The molecule has 0 bridgehead atoms. The molecule has 101 heavy (non-hydrogen) atoms. The lowest BCUT2D eigenvalue weighted by Crippen LogP contribution is -2.59. The summed E-state index contributed by atoms with van der Waals surface area (Å²) in [7, 11) is 11.0. The zero-order valence-electron chi connectivity index (χ0n) is 62.4. The quantitative estimate of drug-likeness (QED) is 0.0309. The van der Waals surface area contributed by atoms with Gasteiger partial charge >= 0.3 is 65.7 Å². The highest BCUT2D eigenvalue weighted by atomic mass is 16.8. The number of terminal acetylenes is 3. The second-order valence-electron chi connectivity index (χ2n) is 26.5. The van der Waals surface area contributed by atoms with Crippen molar-refractivity contribution in [1.82, 2.24) is 0 Å². The van der Waals surface area contributed by atoms with Gasteiger partial charge in [0, 0.05) is 57.8 Å². The van der Waals surface area contributed by atoms with Crippen LogP contribution in [0.25, 0.3) is 0 Å². The van der Waals surface area contributed by atoms with Crippen LogP contribution >= 0.6 is 0 Å². The van der Waals surface area contributed by atoms with Crippen LogP contribution in [-0.2, 0) is 124 Å². The summed E-state index contributed by atoms with van der Waals surface area (Å²) < 4.78 is 84.8. The Kier molecular flexibility index (Phi) is 44.6. The largest absolute Gasteiger partial charge is 0.456 e. The van der Waals surface area contributed by atoms with Gasteiger partial charge in [-0.2, -0.15) is 0 Å². The molecule has 3 aliphatic rings. The number of carbonyl (C=O) groups is 11. The number of hydrogen-bond acceptors (Lipinski definition) is 26. The van der Waals surface area contributed by atoms with Gasteiger partial charge in [-0.15, -0.1) is 19.3 Å². The Labute approximate surface area is 597 Å². The molecule has 3 saturated heterocycles. The molecule has 29 nitrogen and oxygen atoms in total. The van der Waals surface area contributed by atoms with Gasteiger partial charge in [-0.3, -0.25) is 43.2 Å². The van der Waals surface area contributed by atoms with E-state index in [-0.39, 0.29) is 106 Å². The van der Waals surface area contributed by atoms with Crippen LogP contribution in [0.15, 0.2) is 0 Å². The van der Waals surface area contributed by atoms with E-state index in [4.69, 9.17) is 90.3 Å². The third kappa shape index (κ3) is 36.8. The van der Waals surface area contributed by atoms with Crippen LogP contribution in [-0.4, -0.2) is 261 Å². The van der Waals surface area contributed by atoms with E-state index in [1.165, 1.54) is 0 Å². The number of esters is 11. The predicted molar refractivity (Wildman–Crippen MR) is 362 cm³/mol. The van der Waals surface area contributed by atoms with Crippen LogP contribution in [0.3, 0.4) is 0 Å². The normalized spacial score (nSPS) is 22.4. The number of quaternary nitrogens is 3. The van der Waals surface area contributed by atoms with Crippen LogP contribution in [0.4, 0.5) is 0 Å². The first-order valence-corrected chi connectivity index (χ1v) is 35.2. The summed E-state index contributed by atoms with van der Waals surface area (Å²) in [6.07, 6.45) is 8.75. The molecule has 12 atom stereocenters. The molecule has 0 aromatic heterocycles. The minimum absolute atomic E-state index is 0.0470. The van der Waals surface area contributed by atoms with E-state index < -0.39 is 139 Å². The van der Waals surface area contributed by atoms with Crippen LogP contribution in [0.5, 0.6) is 0 Å². The summed E-state index contributed by atoms with van der Waals surface area (Å²) in [6.45, 7) is 17.8. The average molecular weight is 1440 g/mol. The lowest BCUT2D eigenvalue weighted by Gasteiger charge is -2.40. The van der Waals surface area contributed by atoms with Gasteiger partial charge in [0.05, 0.1) is 68.7 Å². The van der Waals surface area contributed by atoms with Crippen molar-refractivity contribution in [1.29, 1.82) is 0 Å². The van der Waals surface area contributed by atoms with Crippen LogP contribution in [0.1, 0.15) is 178 Å². The first-order valence-electron chi connectivity index (χ1n) is 35.2. The molecule has 0 N–H and O–H groups in total. The molecule has 0 aliphatic carbocycles. The van der Waals surface area contributed by atoms with Gasteiger partial charge in [-0.25, -0.2) is 9.59 Å². The Balaban J connectivity index is 0.000000758. The molecule has 0 spiro atoms. The molecule has 572 valence electrons. The first-order chi connectivity index (χ1) is 47.8. The molecular weight excluding hydrogens is 1320 g/mol. The second kappa shape index (κ2) is 49.2. The second-order valence-corrected chi connectivity index (χ2v) is 26.5. The Morgan fingerprint density at radius 1 is 0.307 bits per heavy atom. The molecule has 0 aromatic carbocycles. The van der Waals surface area contributed by atoms with Gasteiger partial charge in [-0.1, -0.05) is 62.3 Å². The molecule has 3 heterocycles. The third-order valence-corrected chi connectivity index (χ3v) is 14.8. The van der Waals surface area contributed by atoms with Crippen LogP contribution in [0, 0.1) is 37.0 Å². The third-order valence-electron chi connectivity index (χ3n) is 14.8. The predicted octanol–water partition coefficient (Wildman–Crippen LogP) is 5.67. The molecule has 0 unspecified atom stereocenters. The minimum Gasteiger partial charge on any atom is -0.456 e. The van der Waals surface area contributed by atoms with Gasteiger partial charge in [0.2, 0.25) is 24.8 Å². The van der Waals surface area contributed by atoms with Crippen molar-refractivity contribution in [2.75, 3.05) is 108 Å². The summed E-state index contributed by atoms with van der Waals surface area (Å²) in [6, 6.07) is 0. The molecule has 0 aromatic rings. The maximum absolute atomic E-state index is 12.6. The summed E-state index contributed by atoms with van der Waals surface area (Å²) in [5.41, 5.74) is 0. The van der Waals surface area contributed by atoms with Gasteiger partial charge in [0.25, 0.3) is 0 Å². The van der Waals surface area contributed by atoms with E-state index in [0.717, 1.165) is 0 Å². The smallest absolute Gasteiger partial charge is 0.364 e. The average Bonchev–Trinajstić information content (AvgIpc) is 0.817. The highest BCUT2D eigenvalue weighted by Gasteiger charge is 2.52. The molecular formula is C72H116N3O26+3. The maximum Gasteiger partial charge on any atom is 0.364 e. The van der Waals surface area contributed by atoms with Crippen LogP contribution in [0.2, 0.25) is 0 Å². The zero-order chi connectivity index (χ0) is 76.3. The standard InChI is InChI=1S/2C24H38NO9.C24H40NO8/c2*1-7-11-18(26)31-17-16-30-24(34-21(29)15-25(5,6)14-10-4)23(33-20(28)13-9-3)22(17)32-19(27)12-8-2;1-7-11-19(26)31-18-17-30-24(29-16-15-25(5,6)14-10-4)23(33-21(28)13-9-3)22(18)32-20(27)12-8-2/h2*4,17,22-24H,7-9,11-16H2,1-3,5-6H3;4,18,22-24H,7-9,11-17H2,1-3,5-6H3/q3*+1/t17-,22+,23-,24+;17-,22-,23+,24-;18-,22-,23+,24+/m100/s1. The summed E-state index contributed by atoms with van der Waals surface area (Å²) in [5.74, 6) is 1.68. The highest BCUT2D eigenvalue weighted by Crippen LogP contribution is 2.30. The molecule has 29 heteroatoms. The van der Waals surface area contributed by atoms with Crippen molar-refractivity contribution in [3.63, 3.8) is 0 Å². The van der Waals surface area contributed by atoms with Crippen molar-refractivity contribution >= 4 is 65.7 Å². The lowest BCUT2D eigenvalue weighted by molar-refractivity contribution is -0.883. The summed E-state index contributed by atoms with van der Waals surface area (Å²) in [5, 5.41) is 0. The monoisotopic (exact) mass is 1440 g/mol. The van der Waals surface area contributed by atoms with Crippen LogP contribution < -0.4 is 0 Å². The number of carbonyl (C=O) groups excluding carboxylic acids is 11. The molecule has 3 fully saturated rings. The molecule has 0 saturated carbocycles. The fraction of sp³-hybridized carbons (Fsp3) is 0.764. The Morgan fingerprint density at radius 3 is 0.772 bits per heavy atom. The summed E-state index contributed by atoms with van der Waals surface area (Å²) >= 11 is 0. The van der Waals surface area contributed by atoms with Crippen molar-refractivity contribution in [3.8, 4) is 37.0 Å². The number of ether oxygens (including phenoxy) is 15. The molecule has 3 rings (SSSR count). The van der Waals surface area contributed by atoms with Gasteiger partial charge in [-0.05, 0) is 75.5 Å². The van der Waals surface area contributed by atoms with Crippen molar-refractivity contribution in [2.45, 2.75) is 252 Å². The fourth-order valence-electron chi connectivity index (χ4n) is 9.85. The van der Waals surface area contributed by atoms with Gasteiger partial charge in [0.1, 0.15) is 26.2 Å². The maximum atomic E-state index is 12.6. The SMILES string of the molecule is C#CC[N+](C)(C)CC(=O)O[C@@H]1OC[C@@H](OC(=O)CCC)[C@H](OC(=O)CCC)[C@H]1OC(=O)CCC.C#CC[N+](C)(C)CC(=O)O[C@@H]1OC[C@H](OC(=O)CCC)[C@H](OC(=O)CCC)[C@H]1OC(=O)CCC.C#CC[N+](C)(C)CCO[C@@H]1OC[C@H](OC(=O)CCC)[C@H](OC(=O)CCC)[C@H]1OC(=O)CCC. The lowest BCUT2D eigenvalue weighted by atomic mass is 10.0. The van der Waals surface area contributed by atoms with E-state index in [2.05, 4.69) is 17.8 Å². The number of rotatable bonds is 40. The van der Waals surface area contributed by atoms with Crippen molar-refractivity contribution < 1.29 is 137 Å². The van der Waals surface area contributed by atoms with Crippen molar-refractivity contribution in [3.05, 3.63) is 0 Å². The molecule has 0 radical (unpaired) electrons. The van der Waals surface area contributed by atoms with Gasteiger partial charge < -0.3 is 84.5 Å². The number of likely N-dealkylation sites (N-methyl/N-ethyl adjacent to an activating group) is 3. The summed E-state index contributed by atoms with van der Waals surface area (Å²) in [4.78, 5) is 136. The van der Waals surface area contributed by atoms with E-state index >= 15 is 0 Å². The number of hydrogen-bond donors (Lipinski definition) is 0. The zero-order valence-corrected chi connectivity index (χ0v) is 62.4. The van der Waals surface area contributed by atoms with E-state index in [0.29, 0.717) is 88.4 Å². The Morgan fingerprint density at radius 2 is 0.525 bits per heavy atom.